The van der Waals surface area contributed by atoms with Crippen molar-refractivity contribution < 1.29 is 18.5 Å². The van der Waals surface area contributed by atoms with Gasteiger partial charge in [-0.2, -0.15) is 4.98 Å². The molecule has 0 aliphatic rings. The molecular weight excluding hydrogens is 456 g/mol. The van der Waals surface area contributed by atoms with E-state index in [2.05, 4.69) is 20.8 Å². The van der Waals surface area contributed by atoms with Crippen LogP contribution in [0, 0.1) is 9.39 Å². The highest BCUT2D eigenvalue weighted by atomic mass is 127. The van der Waals surface area contributed by atoms with Gasteiger partial charge >= 0.3 is 6.01 Å². The molecule has 1 aromatic carbocycles. The van der Waals surface area contributed by atoms with E-state index in [0.29, 0.717) is 0 Å². The summed E-state index contributed by atoms with van der Waals surface area (Å²) >= 11 is 2.00. The maximum atomic E-state index is 14.2. The highest BCUT2D eigenvalue weighted by Crippen LogP contribution is 2.28. The average molecular weight is 469 g/mol. The molecule has 0 saturated carbocycles. The van der Waals surface area contributed by atoms with Crippen molar-refractivity contribution in [2.75, 3.05) is 10.6 Å². The van der Waals surface area contributed by atoms with Gasteiger partial charge in [-0.3, -0.25) is 14.9 Å². The van der Waals surface area contributed by atoms with E-state index < -0.39 is 11.7 Å². The largest absolute Gasteiger partial charge is 0.339 e. The Kier molecular flexibility index (Phi) is 5.02. The van der Waals surface area contributed by atoms with Gasteiger partial charge in [-0.1, -0.05) is 5.16 Å². The molecular formula is C16H13FIN5O3. The van der Waals surface area contributed by atoms with Crippen molar-refractivity contribution in [2.24, 2.45) is 7.05 Å². The molecule has 0 aliphatic heterocycles. The first-order valence-electron chi connectivity index (χ1n) is 7.37. The third-order valence-electron chi connectivity index (χ3n) is 3.60. The molecule has 2 aromatic heterocycles. The van der Waals surface area contributed by atoms with Gasteiger partial charge in [-0.25, -0.2) is 4.39 Å². The predicted molar refractivity (Wildman–Crippen MR) is 100 cm³/mol. The van der Waals surface area contributed by atoms with E-state index in [9.17, 15) is 14.0 Å². The number of anilines is 3. The number of nitrogens with zero attached hydrogens (tertiary/aromatic N) is 3. The van der Waals surface area contributed by atoms with Crippen molar-refractivity contribution in [3.63, 3.8) is 0 Å². The van der Waals surface area contributed by atoms with Crippen molar-refractivity contribution >= 4 is 51.8 Å². The van der Waals surface area contributed by atoms with Gasteiger partial charge in [-0.05, 0) is 46.9 Å². The molecule has 3 aromatic rings. The third-order valence-corrected chi connectivity index (χ3v) is 4.28. The van der Waals surface area contributed by atoms with Crippen LogP contribution in [0.1, 0.15) is 27.8 Å². The Morgan fingerprint density at radius 1 is 1.31 bits per heavy atom. The Labute approximate surface area is 160 Å². The van der Waals surface area contributed by atoms with Crippen LogP contribution in [0.2, 0.25) is 0 Å². The number of hydrogen-bond donors (Lipinski definition) is 2. The van der Waals surface area contributed by atoms with Crippen molar-refractivity contribution in [3.05, 3.63) is 51.2 Å². The molecule has 2 heterocycles. The molecule has 3 rings (SSSR count). The molecule has 0 saturated heterocycles. The van der Waals surface area contributed by atoms with Crippen molar-refractivity contribution in [3.8, 4) is 0 Å². The van der Waals surface area contributed by atoms with Crippen LogP contribution < -0.4 is 10.6 Å². The van der Waals surface area contributed by atoms with Crippen LogP contribution in [0.15, 0.2) is 35.1 Å². The number of Topliss-reactive ketones (excluding diaryl/α,β-unsaturated/α-hetero) is 1. The van der Waals surface area contributed by atoms with Gasteiger partial charge in [0.1, 0.15) is 11.6 Å². The topological polar surface area (TPSA) is 102 Å². The first kappa shape index (κ1) is 18.0. The molecule has 0 fully saturated rings. The van der Waals surface area contributed by atoms with E-state index in [-0.39, 0.29) is 34.6 Å². The number of aromatic nitrogens is 3. The summed E-state index contributed by atoms with van der Waals surface area (Å²) in [5.41, 5.74) is 0.594. The highest BCUT2D eigenvalue weighted by molar-refractivity contribution is 14.1. The fraction of sp³-hybridized carbons (Fsp3) is 0.125. The summed E-state index contributed by atoms with van der Waals surface area (Å²) in [5, 5.41) is 8.71. The highest BCUT2D eigenvalue weighted by Gasteiger charge is 2.22. The van der Waals surface area contributed by atoms with Gasteiger partial charge in [0.2, 0.25) is 0 Å². The average Bonchev–Trinajstić information content (AvgIpc) is 3.18. The SMILES string of the molecule is CC(=O)c1cc(C(=O)Nc2ncno2)c(Nc2ccc(I)cc2F)n1C. The molecule has 134 valence electrons. The second-order valence-electron chi connectivity index (χ2n) is 5.36. The molecule has 2 N–H and O–H groups in total. The fourth-order valence-electron chi connectivity index (χ4n) is 2.38. The van der Waals surface area contributed by atoms with Crippen LogP contribution >= 0.6 is 22.6 Å². The van der Waals surface area contributed by atoms with Gasteiger partial charge in [0.15, 0.2) is 12.1 Å². The third kappa shape index (κ3) is 3.59. The summed E-state index contributed by atoms with van der Waals surface area (Å²) in [5.74, 6) is -1.04. The molecule has 0 radical (unpaired) electrons. The lowest BCUT2D eigenvalue weighted by Gasteiger charge is -2.12. The van der Waals surface area contributed by atoms with Gasteiger partial charge in [0.05, 0.1) is 16.9 Å². The number of amides is 1. The summed E-state index contributed by atoms with van der Waals surface area (Å²) < 4.78 is 21.2. The summed E-state index contributed by atoms with van der Waals surface area (Å²) in [6.07, 6.45) is 1.14. The number of carbonyl (C=O) groups excluding carboxylic acids is 2. The summed E-state index contributed by atoms with van der Waals surface area (Å²) in [6.45, 7) is 1.38. The Morgan fingerprint density at radius 3 is 2.69 bits per heavy atom. The lowest BCUT2D eigenvalue weighted by Crippen LogP contribution is -2.14. The Bertz CT molecular complexity index is 984. The molecule has 0 spiro atoms. The van der Waals surface area contributed by atoms with Gasteiger partial charge in [0.25, 0.3) is 5.91 Å². The lowest BCUT2D eigenvalue weighted by atomic mass is 10.2. The molecule has 26 heavy (non-hydrogen) atoms. The summed E-state index contributed by atoms with van der Waals surface area (Å²) in [7, 11) is 1.60. The second kappa shape index (κ2) is 7.23. The van der Waals surface area contributed by atoms with Crippen LogP contribution in [-0.4, -0.2) is 26.4 Å². The van der Waals surface area contributed by atoms with Crippen LogP contribution in [0.5, 0.6) is 0 Å². The lowest BCUT2D eigenvalue weighted by molar-refractivity contribution is 0.100. The van der Waals surface area contributed by atoms with Crippen LogP contribution in [0.25, 0.3) is 0 Å². The van der Waals surface area contributed by atoms with Crippen molar-refractivity contribution in [2.45, 2.75) is 6.92 Å². The Balaban J connectivity index is 2.01. The normalized spacial score (nSPS) is 10.6. The van der Waals surface area contributed by atoms with E-state index in [0.717, 1.165) is 9.90 Å². The molecule has 0 bridgehead atoms. The van der Waals surface area contributed by atoms with E-state index in [1.165, 1.54) is 23.6 Å². The molecule has 1 amide bonds. The van der Waals surface area contributed by atoms with Crippen molar-refractivity contribution in [1.29, 1.82) is 0 Å². The maximum Gasteiger partial charge on any atom is 0.328 e. The van der Waals surface area contributed by atoms with Crippen LogP contribution in [0.3, 0.4) is 0 Å². The van der Waals surface area contributed by atoms with Gasteiger partial charge in [-0.15, -0.1) is 0 Å². The van der Waals surface area contributed by atoms with Gasteiger partial charge in [0, 0.05) is 17.5 Å². The van der Waals surface area contributed by atoms with E-state index in [4.69, 9.17) is 4.52 Å². The number of benzene rings is 1. The maximum absolute atomic E-state index is 14.2. The minimum atomic E-state index is -0.578. The smallest absolute Gasteiger partial charge is 0.328 e. The zero-order valence-corrected chi connectivity index (χ0v) is 15.9. The van der Waals surface area contributed by atoms with E-state index in [1.807, 2.05) is 22.6 Å². The minimum absolute atomic E-state index is 0.0883. The summed E-state index contributed by atoms with van der Waals surface area (Å²) in [6, 6.07) is 5.96. The van der Waals surface area contributed by atoms with Gasteiger partial charge < -0.3 is 14.4 Å². The second-order valence-corrected chi connectivity index (χ2v) is 6.60. The fourth-order valence-corrected chi connectivity index (χ4v) is 2.83. The number of halogens is 2. The minimum Gasteiger partial charge on any atom is -0.339 e. The number of nitrogens with one attached hydrogen (secondary N) is 2. The predicted octanol–water partition coefficient (Wildman–Crippen LogP) is 3.35. The first-order chi connectivity index (χ1) is 12.4. The first-order valence-corrected chi connectivity index (χ1v) is 8.45. The number of carbonyl (C=O) groups is 2. The number of hydrogen-bond acceptors (Lipinski definition) is 6. The zero-order valence-electron chi connectivity index (χ0n) is 13.7. The van der Waals surface area contributed by atoms with Crippen LogP contribution in [0.4, 0.5) is 21.9 Å². The van der Waals surface area contributed by atoms with Crippen LogP contribution in [-0.2, 0) is 7.05 Å². The zero-order chi connectivity index (χ0) is 18.8. The molecule has 10 heteroatoms. The standard InChI is InChI=1S/C16H13FIN5O3/c1-8(24)13-6-10(15(25)22-16-19-7-20-26-16)14(23(13)2)21-12-4-3-9(18)5-11(12)17/h3-7,21H,1-2H3,(H,19,20,22,25). The molecule has 0 unspecified atom stereocenters. The molecule has 0 aliphatic carbocycles. The summed E-state index contributed by atoms with van der Waals surface area (Å²) in [4.78, 5) is 28.1. The van der Waals surface area contributed by atoms with E-state index >= 15 is 0 Å². The van der Waals surface area contributed by atoms with E-state index in [1.54, 1.807) is 19.2 Å². The number of ketones is 1. The quantitative estimate of drug-likeness (QED) is 0.439. The van der Waals surface area contributed by atoms with Crippen molar-refractivity contribution in [1.82, 2.24) is 14.7 Å². The Hall–Kier alpha value is -2.76. The Morgan fingerprint density at radius 2 is 2.08 bits per heavy atom. The monoisotopic (exact) mass is 469 g/mol. The molecule has 0 atom stereocenters. The number of rotatable bonds is 5. The molecule has 8 nitrogen and oxygen atoms in total.